The van der Waals surface area contributed by atoms with Gasteiger partial charge in [0.05, 0.1) is 25.9 Å². The van der Waals surface area contributed by atoms with E-state index in [-0.39, 0.29) is 6.61 Å². The summed E-state index contributed by atoms with van der Waals surface area (Å²) >= 11 is 5.90. The lowest BCUT2D eigenvalue weighted by atomic mass is 10.1. The maximum atomic E-state index is 9.61. The number of rotatable bonds is 6. The molecule has 0 heterocycles. The second-order valence-electron chi connectivity index (χ2n) is 4.67. The van der Waals surface area contributed by atoms with Crippen molar-refractivity contribution in [3.63, 3.8) is 0 Å². The van der Waals surface area contributed by atoms with Gasteiger partial charge in [0.15, 0.2) is 11.5 Å². The molecule has 1 aromatic rings. The molecule has 1 aromatic carbocycles. The number of aliphatic hydroxyl groups excluding tert-OH is 1. The molecular formula is C13H19ClO4. The Bertz CT molecular complexity index is 373. The molecule has 0 aliphatic carbocycles. The third-order valence-electron chi connectivity index (χ3n) is 2.45. The first-order valence-electron chi connectivity index (χ1n) is 5.70. The molecule has 0 saturated carbocycles. The van der Waals surface area contributed by atoms with Gasteiger partial charge < -0.3 is 19.7 Å². The Hall–Kier alpha value is -0.970. The minimum Gasteiger partial charge on any atom is -0.493 e. The van der Waals surface area contributed by atoms with E-state index in [2.05, 4.69) is 0 Å². The first-order valence-corrected chi connectivity index (χ1v) is 6.07. The Morgan fingerprint density at radius 1 is 1.33 bits per heavy atom. The van der Waals surface area contributed by atoms with Crippen molar-refractivity contribution in [1.29, 1.82) is 0 Å². The van der Waals surface area contributed by atoms with Gasteiger partial charge >= 0.3 is 0 Å². The molecule has 18 heavy (non-hydrogen) atoms. The molecule has 0 radical (unpaired) electrons. The molecule has 0 aliphatic rings. The number of methoxy groups -OCH3 is 1. The van der Waals surface area contributed by atoms with Crippen LogP contribution < -0.4 is 9.47 Å². The highest BCUT2D eigenvalue weighted by molar-refractivity contribution is 6.30. The second-order valence-corrected chi connectivity index (χ2v) is 5.10. The lowest BCUT2D eigenvalue weighted by Gasteiger charge is -2.19. The zero-order chi connectivity index (χ0) is 13.8. The van der Waals surface area contributed by atoms with Crippen LogP contribution in [-0.2, 0) is 6.61 Å². The van der Waals surface area contributed by atoms with E-state index >= 15 is 0 Å². The van der Waals surface area contributed by atoms with Crippen LogP contribution in [0.4, 0.5) is 0 Å². The van der Waals surface area contributed by atoms with E-state index in [1.165, 1.54) is 7.11 Å². The van der Waals surface area contributed by atoms with E-state index in [4.69, 9.17) is 21.1 Å². The predicted molar refractivity (Wildman–Crippen MR) is 70.3 cm³/mol. The van der Waals surface area contributed by atoms with Crippen LogP contribution in [0.2, 0.25) is 5.02 Å². The maximum Gasteiger partial charge on any atom is 0.166 e. The summed E-state index contributed by atoms with van der Waals surface area (Å²) < 4.78 is 10.7. The van der Waals surface area contributed by atoms with Crippen LogP contribution in [0, 0.1) is 0 Å². The van der Waals surface area contributed by atoms with E-state index in [9.17, 15) is 10.2 Å². The van der Waals surface area contributed by atoms with Crippen LogP contribution in [0.3, 0.4) is 0 Å². The molecule has 102 valence electrons. The van der Waals surface area contributed by atoms with Crippen molar-refractivity contribution in [2.24, 2.45) is 0 Å². The Morgan fingerprint density at radius 3 is 2.50 bits per heavy atom. The molecule has 0 aliphatic heterocycles. The SMILES string of the molecule is COc1cc(Cl)cc(CO)c1OCCC(C)(C)O. The van der Waals surface area contributed by atoms with Crippen molar-refractivity contribution in [2.75, 3.05) is 13.7 Å². The Labute approximate surface area is 112 Å². The molecule has 0 saturated heterocycles. The van der Waals surface area contributed by atoms with Crippen molar-refractivity contribution in [1.82, 2.24) is 0 Å². The highest BCUT2D eigenvalue weighted by Gasteiger charge is 2.16. The first kappa shape index (κ1) is 15.1. The normalized spacial score (nSPS) is 11.4. The van der Waals surface area contributed by atoms with Gasteiger partial charge in [0.2, 0.25) is 0 Å². The lowest BCUT2D eigenvalue weighted by Crippen LogP contribution is -2.22. The lowest BCUT2D eigenvalue weighted by molar-refractivity contribution is 0.0546. The maximum absolute atomic E-state index is 9.61. The van der Waals surface area contributed by atoms with E-state index in [0.717, 1.165) is 0 Å². The second kappa shape index (κ2) is 6.27. The van der Waals surface area contributed by atoms with Gasteiger partial charge in [0.1, 0.15) is 0 Å². The van der Waals surface area contributed by atoms with Gasteiger partial charge in [-0.3, -0.25) is 0 Å². The first-order chi connectivity index (χ1) is 8.37. The van der Waals surface area contributed by atoms with Crippen molar-refractivity contribution < 1.29 is 19.7 Å². The van der Waals surface area contributed by atoms with Crippen molar-refractivity contribution >= 4 is 11.6 Å². The molecule has 1 rings (SSSR count). The number of ether oxygens (including phenoxy) is 2. The number of aliphatic hydroxyl groups is 2. The predicted octanol–water partition coefficient (Wildman–Crippen LogP) is 2.38. The topological polar surface area (TPSA) is 58.9 Å². The third-order valence-corrected chi connectivity index (χ3v) is 2.67. The highest BCUT2D eigenvalue weighted by atomic mass is 35.5. The summed E-state index contributed by atoms with van der Waals surface area (Å²) in [6, 6.07) is 3.25. The quantitative estimate of drug-likeness (QED) is 0.836. The molecule has 0 unspecified atom stereocenters. The van der Waals surface area contributed by atoms with Gasteiger partial charge in [-0.15, -0.1) is 0 Å². The fraction of sp³-hybridized carbons (Fsp3) is 0.538. The Kier molecular flexibility index (Phi) is 5.26. The van der Waals surface area contributed by atoms with Gasteiger partial charge in [-0.2, -0.15) is 0 Å². The molecule has 4 nitrogen and oxygen atoms in total. The molecule has 0 fully saturated rings. The molecule has 5 heteroatoms. The van der Waals surface area contributed by atoms with E-state index < -0.39 is 5.60 Å². The minimum atomic E-state index is -0.793. The van der Waals surface area contributed by atoms with Gasteiger partial charge in [0, 0.05) is 23.1 Å². The number of hydrogen-bond acceptors (Lipinski definition) is 4. The summed E-state index contributed by atoms with van der Waals surface area (Å²) in [7, 11) is 1.51. The molecule has 0 aromatic heterocycles. The van der Waals surface area contributed by atoms with Crippen molar-refractivity contribution in [3.8, 4) is 11.5 Å². The summed E-state index contributed by atoms with van der Waals surface area (Å²) in [5.41, 5.74) is -0.228. The number of hydrogen-bond donors (Lipinski definition) is 2. The van der Waals surface area contributed by atoms with Crippen molar-refractivity contribution in [3.05, 3.63) is 22.7 Å². The fourth-order valence-corrected chi connectivity index (χ4v) is 1.69. The highest BCUT2D eigenvalue weighted by Crippen LogP contribution is 2.35. The molecule has 2 N–H and O–H groups in total. The third kappa shape index (κ3) is 4.37. The summed E-state index contributed by atoms with van der Waals surface area (Å²) in [5, 5.41) is 19.4. The average molecular weight is 275 g/mol. The van der Waals surface area contributed by atoms with Crippen LogP contribution in [0.25, 0.3) is 0 Å². The van der Waals surface area contributed by atoms with Gasteiger partial charge in [0.25, 0.3) is 0 Å². The van der Waals surface area contributed by atoms with E-state index in [0.29, 0.717) is 35.1 Å². The Morgan fingerprint density at radius 2 is 2.00 bits per heavy atom. The number of halogens is 1. The standard InChI is InChI=1S/C13H19ClO4/c1-13(2,16)4-5-18-12-9(8-15)6-10(14)7-11(12)17-3/h6-7,15-16H,4-5,8H2,1-3H3. The monoisotopic (exact) mass is 274 g/mol. The Balaban J connectivity index is 2.86. The molecular weight excluding hydrogens is 256 g/mol. The summed E-state index contributed by atoms with van der Waals surface area (Å²) in [6.07, 6.45) is 0.476. The summed E-state index contributed by atoms with van der Waals surface area (Å²) in [5.74, 6) is 0.941. The van der Waals surface area contributed by atoms with Gasteiger partial charge in [-0.25, -0.2) is 0 Å². The van der Waals surface area contributed by atoms with Gasteiger partial charge in [-0.1, -0.05) is 11.6 Å². The van der Waals surface area contributed by atoms with E-state index in [1.54, 1.807) is 26.0 Å². The zero-order valence-corrected chi connectivity index (χ0v) is 11.6. The smallest absolute Gasteiger partial charge is 0.166 e. The molecule has 0 spiro atoms. The zero-order valence-electron chi connectivity index (χ0n) is 10.9. The largest absolute Gasteiger partial charge is 0.493 e. The summed E-state index contributed by atoms with van der Waals surface area (Å²) in [6.45, 7) is 3.56. The number of benzene rings is 1. The van der Waals surface area contributed by atoms with E-state index in [1.807, 2.05) is 0 Å². The molecule has 0 atom stereocenters. The van der Waals surface area contributed by atoms with Crippen LogP contribution in [0.1, 0.15) is 25.8 Å². The van der Waals surface area contributed by atoms with Gasteiger partial charge in [-0.05, 0) is 19.9 Å². The molecule has 0 bridgehead atoms. The van der Waals surface area contributed by atoms with Crippen LogP contribution in [0.15, 0.2) is 12.1 Å². The van der Waals surface area contributed by atoms with Crippen LogP contribution >= 0.6 is 11.6 Å². The van der Waals surface area contributed by atoms with Crippen LogP contribution in [-0.4, -0.2) is 29.5 Å². The van der Waals surface area contributed by atoms with Crippen LogP contribution in [0.5, 0.6) is 11.5 Å². The van der Waals surface area contributed by atoms with Crippen molar-refractivity contribution in [2.45, 2.75) is 32.5 Å². The minimum absolute atomic E-state index is 0.186. The summed E-state index contributed by atoms with van der Waals surface area (Å²) in [4.78, 5) is 0. The fourth-order valence-electron chi connectivity index (χ4n) is 1.46. The average Bonchev–Trinajstić information content (AvgIpc) is 2.28. The molecule has 0 amide bonds.